The molecule has 0 aliphatic heterocycles. The van der Waals surface area contributed by atoms with Gasteiger partial charge >= 0.3 is 0 Å². The third-order valence-corrected chi connectivity index (χ3v) is 2.46. The normalized spacial score (nSPS) is 10.8. The fourth-order valence-electron chi connectivity index (χ4n) is 1.72. The molecule has 0 aromatic carbocycles. The predicted molar refractivity (Wildman–Crippen MR) is 59.7 cm³/mol. The van der Waals surface area contributed by atoms with Crippen LogP contribution in [0, 0.1) is 0 Å². The standard InChI is InChI=1S/C11H15N3/c1-4-14-8-6-9-10(13(2)3)5-7-12-11(9)14/h5-8H,4H2,1-3H3. The van der Waals surface area contributed by atoms with E-state index < -0.39 is 0 Å². The molecule has 74 valence electrons. The molecule has 14 heavy (non-hydrogen) atoms. The lowest BCUT2D eigenvalue weighted by atomic mass is 10.3. The van der Waals surface area contributed by atoms with Crippen molar-refractivity contribution in [2.24, 2.45) is 0 Å². The Hall–Kier alpha value is -1.51. The zero-order chi connectivity index (χ0) is 10.1. The largest absolute Gasteiger partial charge is 0.377 e. The van der Waals surface area contributed by atoms with Crippen LogP contribution in [0.2, 0.25) is 0 Å². The first-order chi connectivity index (χ1) is 6.74. The number of aryl methyl sites for hydroxylation is 1. The second-order valence-electron chi connectivity index (χ2n) is 3.56. The van der Waals surface area contributed by atoms with Gasteiger partial charge in [-0.2, -0.15) is 0 Å². The van der Waals surface area contributed by atoms with E-state index >= 15 is 0 Å². The van der Waals surface area contributed by atoms with Crippen molar-refractivity contribution in [1.29, 1.82) is 0 Å². The monoisotopic (exact) mass is 189 g/mol. The highest BCUT2D eigenvalue weighted by atomic mass is 15.1. The number of fused-ring (bicyclic) bond motifs is 1. The van der Waals surface area contributed by atoms with Gasteiger partial charge in [0.2, 0.25) is 0 Å². The summed E-state index contributed by atoms with van der Waals surface area (Å²) < 4.78 is 2.16. The molecule has 0 amide bonds. The minimum atomic E-state index is 0.966. The molecule has 0 saturated carbocycles. The molecule has 0 unspecified atom stereocenters. The number of nitrogens with zero attached hydrogens (tertiary/aromatic N) is 3. The highest BCUT2D eigenvalue weighted by Crippen LogP contribution is 2.24. The van der Waals surface area contributed by atoms with Crippen molar-refractivity contribution in [2.75, 3.05) is 19.0 Å². The Balaban J connectivity index is 2.70. The molecule has 0 saturated heterocycles. The maximum Gasteiger partial charge on any atom is 0.141 e. The van der Waals surface area contributed by atoms with Crippen molar-refractivity contribution in [3.8, 4) is 0 Å². The average molecular weight is 189 g/mol. The van der Waals surface area contributed by atoms with E-state index in [1.54, 1.807) is 0 Å². The number of rotatable bonds is 2. The van der Waals surface area contributed by atoms with Gasteiger partial charge in [-0.1, -0.05) is 0 Å². The minimum Gasteiger partial charge on any atom is -0.377 e. The SMILES string of the molecule is CCn1ccc2c(N(C)C)ccnc21. The highest BCUT2D eigenvalue weighted by Gasteiger charge is 2.06. The summed E-state index contributed by atoms with van der Waals surface area (Å²) in [6, 6.07) is 4.17. The lowest BCUT2D eigenvalue weighted by molar-refractivity contribution is 0.787. The maximum absolute atomic E-state index is 4.39. The van der Waals surface area contributed by atoms with Gasteiger partial charge < -0.3 is 9.47 Å². The van der Waals surface area contributed by atoms with Crippen LogP contribution in [0.3, 0.4) is 0 Å². The molecule has 2 aromatic rings. The van der Waals surface area contributed by atoms with Gasteiger partial charge in [-0.25, -0.2) is 4.98 Å². The zero-order valence-electron chi connectivity index (χ0n) is 8.86. The first-order valence-electron chi connectivity index (χ1n) is 4.85. The lowest BCUT2D eigenvalue weighted by Crippen LogP contribution is -2.09. The van der Waals surface area contributed by atoms with E-state index in [4.69, 9.17) is 0 Å². The van der Waals surface area contributed by atoms with Gasteiger partial charge in [0.05, 0.1) is 0 Å². The number of anilines is 1. The van der Waals surface area contributed by atoms with Crippen LogP contribution in [0.1, 0.15) is 6.92 Å². The molecule has 0 aliphatic carbocycles. The zero-order valence-corrected chi connectivity index (χ0v) is 8.86. The quantitative estimate of drug-likeness (QED) is 0.721. The van der Waals surface area contributed by atoms with Gasteiger partial charge in [0, 0.05) is 44.1 Å². The molecule has 0 N–H and O–H groups in total. The summed E-state index contributed by atoms with van der Waals surface area (Å²) in [5.41, 5.74) is 2.29. The van der Waals surface area contributed by atoms with Crippen LogP contribution in [0.25, 0.3) is 11.0 Å². The molecule has 0 fully saturated rings. The lowest BCUT2D eigenvalue weighted by Gasteiger charge is -2.13. The molecule has 0 atom stereocenters. The van der Waals surface area contributed by atoms with Crippen molar-refractivity contribution < 1.29 is 0 Å². The predicted octanol–water partition coefficient (Wildman–Crippen LogP) is 2.12. The van der Waals surface area contributed by atoms with E-state index in [0.717, 1.165) is 12.2 Å². The summed E-state index contributed by atoms with van der Waals surface area (Å²) in [7, 11) is 4.11. The van der Waals surface area contributed by atoms with Crippen LogP contribution in [0.4, 0.5) is 5.69 Å². The van der Waals surface area contributed by atoms with Crippen molar-refractivity contribution in [2.45, 2.75) is 13.5 Å². The second kappa shape index (κ2) is 3.33. The summed E-state index contributed by atoms with van der Waals surface area (Å²) in [6.07, 6.45) is 3.95. The molecule has 3 heteroatoms. The molecule has 0 spiro atoms. The summed E-state index contributed by atoms with van der Waals surface area (Å²) >= 11 is 0. The maximum atomic E-state index is 4.39. The van der Waals surface area contributed by atoms with E-state index in [0.29, 0.717) is 0 Å². The first kappa shape index (κ1) is 9.06. The number of aromatic nitrogens is 2. The Kier molecular flexibility index (Phi) is 2.15. The van der Waals surface area contributed by atoms with Gasteiger partial charge in [-0.05, 0) is 19.1 Å². The molecule has 0 aliphatic rings. The number of pyridine rings is 1. The van der Waals surface area contributed by atoms with Gasteiger partial charge in [0.15, 0.2) is 0 Å². The molecule has 0 radical (unpaired) electrons. The average Bonchev–Trinajstić information content (AvgIpc) is 2.59. The second-order valence-corrected chi connectivity index (χ2v) is 3.56. The molecule has 3 nitrogen and oxygen atoms in total. The van der Waals surface area contributed by atoms with Crippen molar-refractivity contribution >= 4 is 16.7 Å². The van der Waals surface area contributed by atoms with E-state index in [1.807, 2.05) is 12.3 Å². The molecular weight excluding hydrogens is 174 g/mol. The topological polar surface area (TPSA) is 21.1 Å². The highest BCUT2D eigenvalue weighted by molar-refractivity contribution is 5.89. The third kappa shape index (κ3) is 1.25. The number of hydrogen-bond acceptors (Lipinski definition) is 2. The Bertz CT molecular complexity index is 443. The summed E-state index contributed by atoms with van der Waals surface area (Å²) in [5, 5.41) is 1.22. The van der Waals surface area contributed by atoms with Crippen LogP contribution in [-0.4, -0.2) is 23.6 Å². The van der Waals surface area contributed by atoms with Gasteiger partial charge in [-0.15, -0.1) is 0 Å². The van der Waals surface area contributed by atoms with Gasteiger partial charge in [0.25, 0.3) is 0 Å². The van der Waals surface area contributed by atoms with Crippen molar-refractivity contribution in [1.82, 2.24) is 9.55 Å². The van der Waals surface area contributed by atoms with E-state index in [2.05, 4.69) is 47.7 Å². The van der Waals surface area contributed by atoms with Crippen LogP contribution < -0.4 is 4.90 Å². The van der Waals surface area contributed by atoms with Gasteiger partial charge in [-0.3, -0.25) is 0 Å². The number of hydrogen-bond donors (Lipinski definition) is 0. The van der Waals surface area contributed by atoms with Crippen LogP contribution in [0.5, 0.6) is 0 Å². The van der Waals surface area contributed by atoms with E-state index in [-0.39, 0.29) is 0 Å². The van der Waals surface area contributed by atoms with E-state index in [1.165, 1.54) is 11.1 Å². The summed E-state index contributed by atoms with van der Waals surface area (Å²) in [5.74, 6) is 0. The van der Waals surface area contributed by atoms with Crippen LogP contribution >= 0.6 is 0 Å². The fourth-order valence-corrected chi connectivity index (χ4v) is 1.72. The van der Waals surface area contributed by atoms with Crippen LogP contribution in [-0.2, 0) is 6.54 Å². The molecule has 0 bridgehead atoms. The Morgan fingerprint density at radius 1 is 1.36 bits per heavy atom. The molecular formula is C11H15N3. The Labute approximate surface area is 84.0 Å². The van der Waals surface area contributed by atoms with E-state index in [9.17, 15) is 0 Å². The van der Waals surface area contributed by atoms with Crippen molar-refractivity contribution in [3.63, 3.8) is 0 Å². The third-order valence-electron chi connectivity index (χ3n) is 2.46. The smallest absolute Gasteiger partial charge is 0.141 e. The van der Waals surface area contributed by atoms with Gasteiger partial charge in [0.1, 0.15) is 5.65 Å². The molecule has 2 heterocycles. The Morgan fingerprint density at radius 3 is 2.79 bits per heavy atom. The molecule has 2 rings (SSSR count). The minimum absolute atomic E-state index is 0.966. The van der Waals surface area contributed by atoms with Crippen molar-refractivity contribution in [3.05, 3.63) is 24.5 Å². The molecule has 2 aromatic heterocycles. The fraction of sp³-hybridized carbons (Fsp3) is 0.364. The Morgan fingerprint density at radius 2 is 2.14 bits per heavy atom. The first-order valence-corrected chi connectivity index (χ1v) is 4.85. The summed E-state index contributed by atoms with van der Waals surface area (Å²) in [6.45, 7) is 3.09. The summed E-state index contributed by atoms with van der Waals surface area (Å²) in [4.78, 5) is 6.51. The van der Waals surface area contributed by atoms with Crippen LogP contribution in [0.15, 0.2) is 24.5 Å².